The molecular weight excluding hydrogens is 777 g/mol. The van der Waals surface area contributed by atoms with Gasteiger partial charge in [-0.15, -0.1) is 19.7 Å². The first-order valence-electron chi connectivity index (χ1n) is 19.8. The number of rotatable bonds is 30. The van der Waals surface area contributed by atoms with Gasteiger partial charge in [-0.1, -0.05) is 134 Å². The highest BCUT2D eigenvalue weighted by molar-refractivity contribution is 5.77. The summed E-state index contributed by atoms with van der Waals surface area (Å²) in [5, 5.41) is 0. The summed E-state index contributed by atoms with van der Waals surface area (Å²) in [4.78, 5) is 43.3. The van der Waals surface area contributed by atoms with E-state index < -0.39 is 0 Å². The zero-order chi connectivity index (χ0) is 41.4. The van der Waals surface area contributed by atoms with Crippen molar-refractivity contribution in [3.05, 3.63) is 73.9 Å². The summed E-state index contributed by atoms with van der Waals surface area (Å²) in [6.07, 6.45) is 23.2. The number of carbonyl (C=O) groups excluding carboxylic acids is 4. The molecule has 0 fully saturated rings. The van der Waals surface area contributed by atoms with Crippen molar-refractivity contribution >= 4 is 23.1 Å². The van der Waals surface area contributed by atoms with Crippen LogP contribution >= 0.6 is 0 Å². The van der Waals surface area contributed by atoms with Crippen LogP contribution in [0.15, 0.2) is 68.3 Å². The van der Waals surface area contributed by atoms with Gasteiger partial charge in [-0.3, -0.25) is 19.2 Å². The molecule has 0 aliphatic heterocycles. The summed E-state index contributed by atoms with van der Waals surface area (Å²) < 4.78 is 20.8. The molecule has 4 unspecified atom stereocenters. The highest BCUT2D eigenvalue weighted by Gasteiger charge is 2.11. The van der Waals surface area contributed by atoms with Crippen LogP contribution < -0.4 is 0 Å². The molecule has 1 aromatic carbocycles. The Bertz CT molecular complexity index is 1090. The molecule has 0 N–H and O–H groups in total. The predicted molar refractivity (Wildman–Crippen MR) is 279 cm³/mol. The van der Waals surface area contributed by atoms with Crippen LogP contribution in [0.5, 0.6) is 0 Å². The van der Waals surface area contributed by atoms with Crippen LogP contribution in [0.1, 0.15) is 202 Å². The third kappa shape index (κ3) is 66.1. The first kappa shape index (κ1) is 86.1. The number of benzene rings is 1. The van der Waals surface area contributed by atoms with Gasteiger partial charge in [0.15, 0.2) is 0 Å². The van der Waals surface area contributed by atoms with Crippen LogP contribution in [0.3, 0.4) is 0 Å². The monoisotopic (exact) mass is 887 g/mol. The summed E-state index contributed by atoms with van der Waals surface area (Å²) in [6, 6.07) is 10.3. The van der Waals surface area contributed by atoms with Crippen molar-refractivity contribution in [1.82, 2.24) is 0 Å². The topological polar surface area (TPSA) is 105 Å². The molecule has 374 valence electrons. The molecule has 0 heterocycles. The summed E-state index contributed by atoms with van der Waals surface area (Å²) in [6.45, 7) is 17.4. The molecule has 0 amide bonds. The van der Waals surface area contributed by atoms with Gasteiger partial charge in [0.1, 0.15) is 23.1 Å². The summed E-state index contributed by atoms with van der Waals surface area (Å²) in [5.41, 5.74) is 1.29. The second kappa shape index (κ2) is 64.6. The van der Waals surface area contributed by atoms with Gasteiger partial charge in [-0.25, -0.2) is 0 Å². The van der Waals surface area contributed by atoms with Gasteiger partial charge in [-0.05, 0) is 97.5 Å². The maximum Gasteiger partial charge on any atom is 0.132 e. The number of hydrogen-bond acceptors (Lipinski definition) is 8. The van der Waals surface area contributed by atoms with Crippen LogP contribution in [-0.4, -0.2) is 76.0 Å². The number of methoxy groups -OCH3 is 4. The largest absolute Gasteiger partial charge is 0.381 e. The molecule has 8 heteroatoms. The molecule has 1 rings (SSSR count). The van der Waals surface area contributed by atoms with Crippen molar-refractivity contribution in [2.24, 2.45) is 0 Å². The Morgan fingerprint density at radius 1 is 0.435 bits per heavy atom. The molecule has 4 atom stereocenters. The van der Waals surface area contributed by atoms with Crippen LogP contribution in [0.25, 0.3) is 0 Å². The fourth-order valence-electron chi connectivity index (χ4n) is 5.45. The molecule has 1 aromatic rings. The normalized spacial score (nSPS) is 10.8. The highest BCUT2D eigenvalue weighted by atomic mass is 16.5. The Morgan fingerprint density at radius 2 is 0.726 bits per heavy atom. The molecule has 0 radical (unpaired) electrons. The number of ketones is 4. The fraction of sp³-hybridized carbons (Fsp3) is 0.704. The van der Waals surface area contributed by atoms with Crippen LogP contribution in [0, 0.1) is 0 Å². The zero-order valence-corrected chi connectivity index (χ0v) is 35.5. The standard InChI is InChI=1S/C13H18O2.C13H24O2.C11H20O2.C9H16O2.8CH4/c1-11(14)10-13(15-2)9-8-12-6-4-3-5-7-12;1-4-5-6-7-8-9-10-13(15-3)11-12(2)14;1-4-5-6-7-8-11(13-3)9-10(2)12;1-4-5-6-9(11-3)7-8(2)10;;;;;;;;/h3-7,13H,8-10H2,1-2H3;4,13H,1,5-11H2,2-3H3;4,11H,1,5-9H2,2-3H3;4,9H,1,5-7H2,2-3H3;8*1H4. The van der Waals surface area contributed by atoms with E-state index >= 15 is 0 Å². The van der Waals surface area contributed by atoms with Crippen molar-refractivity contribution in [3.8, 4) is 0 Å². The number of hydrogen-bond donors (Lipinski definition) is 0. The van der Waals surface area contributed by atoms with Crippen molar-refractivity contribution < 1.29 is 38.1 Å². The zero-order valence-electron chi connectivity index (χ0n) is 35.5. The van der Waals surface area contributed by atoms with Crippen LogP contribution in [0.2, 0.25) is 0 Å². The van der Waals surface area contributed by atoms with Gasteiger partial charge in [0.25, 0.3) is 0 Å². The van der Waals surface area contributed by atoms with E-state index in [9.17, 15) is 19.2 Å². The lowest BCUT2D eigenvalue weighted by Gasteiger charge is -2.13. The number of carbonyl (C=O) groups is 4. The van der Waals surface area contributed by atoms with Crippen molar-refractivity contribution in [3.63, 3.8) is 0 Å². The smallest absolute Gasteiger partial charge is 0.132 e. The van der Waals surface area contributed by atoms with Crippen LogP contribution in [-0.2, 0) is 44.5 Å². The molecule has 0 bridgehead atoms. The van der Waals surface area contributed by atoms with Crippen LogP contribution in [0.4, 0.5) is 0 Å². The van der Waals surface area contributed by atoms with E-state index in [-0.39, 0.29) is 107 Å². The van der Waals surface area contributed by atoms with Gasteiger partial charge in [-0.2, -0.15) is 0 Å². The Balaban J connectivity index is -0.0000000600. The van der Waals surface area contributed by atoms with Gasteiger partial charge in [0.05, 0.1) is 24.4 Å². The Morgan fingerprint density at radius 3 is 1.05 bits per heavy atom. The van der Waals surface area contributed by atoms with Gasteiger partial charge in [0.2, 0.25) is 0 Å². The minimum atomic E-state index is 0. The minimum Gasteiger partial charge on any atom is -0.381 e. The molecule has 0 saturated heterocycles. The van der Waals surface area contributed by atoms with Crippen molar-refractivity contribution in [1.29, 1.82) is 0 Å². The summed E-state index contributed by atoms with van der Waals surface area (Å²) in [5.74, 6) is 0.792. The predicted octanol–water partition coefficient (Wildman–Crippen LogP) is 15.9. The molecule has 8 nitrogen and oxygen atoms in total. The third-order valence-electron chi connectivity index (χ3n) is 8.55. The fourth-order valence-corrected chi connectivity index (χ4v) is 5.45. The SMILES string of the molecule is C.C.C.C.C.C.C.C.C=CCCC(CC(C)=O)OC.C=CCCCCC(CC(C)=O)OC.C=CCCCCCCC(CC(C)=O)OC.COC(CCc1ccccc1)CC(C)=O. The molecule has 0 aliphatic carbocycles. The van der Waals surface area contributed by atoms with E-state index in [0.717, 1.165) is 70.6 Å². The quantitative estimate of drug-likeness (QED) is 0.0555. The van der Waals surface area contributed by atoms with E-state index in [0.29, 0.717) is 25.7 Å². The number of Topliss-reactive ketones (excluding diaryl/α,β-unsaturated/α-hetero) is 4. The number of allylic oxidation sites excluding steroid dienone is 3. The van der Waals surface area contributed by atoms with Gasteiger partial charge < -0.3 is 18.9 Å². The number of ether oxygens (including phenoxy) is 4. The van der Waals surface area contributed by atoms with E-state index in [1.54, 1.807) is 56.1 Å². The molecular formula is C54H110O8. The molecule has 0 saturated carbocycles. The third-order valence-corrected chi connectivity index (χ3v) is 8.55. The molecule has 0 aliphatic rings. The van der Waals surface area contributed by atoms with E-state index in [4.69, 9.17) is 18.9 Å². The first-order chi connectivity index (χ1) is 25.8. The Labute approximate surface area is 389 Å². The number of aryl methyl sites for hydroxylation is 1. The molecule has 62 heavy (non-hydrogen) atoms. The van der Waals surface area contributed by atoms with Crippen molar-refractivity contribution in [2.75, 3.05) is 28.4 Å². The average Bonchev–Trinajstić information content (AvgIpc) is 3.14. The van der Waals surface area contributed by atoms with Crippen molar-refractivity contribution in [2.45, 2.75) is 227 Å². The van der Waals surface area contributed by atoms with E-state index in [2.05, 4.69) is 31.9 Å². The van der Waals surface area contributed by atoms with Gasteiger partial charge >= 0.3 is 0 Å². The van der Waals surface area contributed by atoms with Gasteiger partial charge in [0, 0.05) is 54.1 Å². The summed E-state index contributed by atoms with van der Waals surface area (Å²) >= 11 is 0. The maximum absolute atomic E-state index is 10.9. The van der Waals surface area contributed by atoms with E-state index in [1.165, 1.54) is 24.8 Å². The lowest BCUT2D eigenvalue weighted by Crippen LogP contribution is -2.15. The lowest BCUT2D eigenvalue weighted by atomic mass is 10.0. The molecule has 0 spiro atoms. The minimum absolute atomic E-state index is 0. The second-order valence-corrected chi connectivity index (χ2v) is 13.8. The average molecular weight is 887 g/mol. The number of unbranched alkanes of at least 4 members (excludes halogenated alkanes) is 6. The maximum atomic E-state index is 10.9. The summed E-state index contributed by atoms with van der Waals surface area (Å²) in [7, 11) is 6.65. The second-order valence-electron chi connectivity index (χ2n) is 13.8. The highest BCUT2D eigenvalue weighted by Crippen LogP contribution is 2.13. The Hall–Kier alpha value is -3.04. The lowest BCUT2D eigenvalue weighted by molar-refractivity contribution is -0.120. The first-order valence-corrected chi connectivity index (χ1v) is 19.8. The Kier molecular flexibility index (Phi) is 89.7. The van der Waals surface area contributed by atoms with E-state index in [1.807, 2.05) is 36.4 Å². The molecule has 0 aromatic heterocycles.